The molecule has 0 unspecified atom stereocenters. The number of hydrogen-bond donors (Lipinski definition) is 3. The molecule has 21 heavy (non-hydrogen) atoms. The third-order valence-electron chi connectivity index (χ3n) is 3.21. The zero-order chi connectivity index (χ0) is 15.7. The molecule has 3 N–H and O–H groups in total. The number of nitrogens with zero attached hydrogens (tertiary/aromatic N) is 1. The lowest BCUT2D eigenvalue weighted by molar-refractivity contribution is -0.137. The summed E-state index contributed by atoms with van der Waals surface area (Å²) in [5.41, 5.74) is -0.0907. The van der Waals surface area contributed by atoms with Gasteiger partial charge in [-0.3, -0.25) is 4.79 Å². The van der Waals surface area contributed by atoms with Gasteiger partial charge >= 0.3 is 12.0 Å². The minimum absolute atomic E-state index is 0.0907. The lowest BCUT2D eigenvalue weighted by atomic mass is 9.84. The molecular weight excluding hydrogens is 290 g/mol. The number of carboxylic acids is 1. The average Bonchev–Trinajstić information content (AvgIpc) is 2.89. The van der Waals surface area contributed by atoms with Crippen LogP contribution >= 0.6 is 11.3 Å². The fourth-order valence-electron chi connectivity index (χ4n) is 1.81. The number of hydrogen-bond acceptors (Lipinski definition) is 4. The minimum Gasteiger partial charge on any atom is -0.481 e. The smallest absolute Gasteiger partial charge is 0.314 e. The van der Waals surface area contributed by atoms with Crippen LogP contribution < -0.4 is 10.6 Å². The highest BCUT2D eigenvalue weighted by Gasteiger charge is 2.19. The van der Waals surface area contributed by atoms with E-state index < -0.39 is 5.97 Å². The molecule has 6 nitrogen and oxygen atoms in total. The molecule has 1 rings (SSSR count). The van der Waals surface area contributed by atoms with E-state index in [9.17, 15) is 9.59 Å². The number of nitrogens with one attached hydrogen (secondary N) is 2. The van der Waals surface area contributed by atoms with Gasteiger partial charge in [-0.05, 0) is 18.3 Å². The van der Waals surface area contributed by atoms with E-state index >= 15 is 0 Å². The van der Waals surface area contributed by atoms with Gasteiger partial charge in [0.25, 0.3) is 0 Å². The second-order valence-corrected chi connectivity index (χ2v) is 6.65. The van der Waals surface area contributed by atoms with Crippen molar-refractivity contribution >= 4 is 23.3 Å². The molecule has 0 aromatic carbocycles. The van der Waals surface area contributed by atoms with Gasteiger partial charge in [-0.1, -0.05) is 13.8 Å². The van der Waals surface area contributed by atoms with Crippen LogP contribution in [0.2, 0.25) is 0 Å². The van der Waals surface area contributed by atoms with Gasteiger partial charge in [-0.2, -0.15) is 0 Å². The van der Waals surface area contributed by atoms with Crippen molar-refractivity contribution in [3.8, 4) is 0 Å². The van der Waals surface area contributed by atoms with Crippen molar-refractivity contribution in [2.45, 2.75) is 39.5 Å². The molecule has 0 saturated carbocycles. The molecule has 0 aliphatic heterocycles. The number of carbonyl (C=O) groups is 2. The van der Waals surface area contributed by atoms with E-state index in [1.54, 1.807) is 17.5 Å². The van der Waals surface area contributed by atoms with Gasteiger partial charge < -0.3 is 15.7 Å². The van der Waals surface area contributed by atoms with E-state index in [-0.39, 0.29) is 17.9 Å². The number of aliphatic carboxylic acids is 1. The van der Waals surface area contributed by atoms with Crippen LogP contribution in [-0.2, 0) is 11.2 Å². The number of carboxylic acid groups (broad SMARTS) is 1. The lowest BCUT2D eigenvalue weighted by Crippen LogP contribution is -2.38. The molecule has 0 radical (unpaired) electrons. The Balaban J connectivity index is 2.10. The van der Waals surface area contributed by atoms with Crippen LogP contribution in [0, 0.1) is 5.41 Å². The highest BCUT2D eigenvalue weighted by molar-refractivity contribution is 7.09. The van der Waals surface area contributed by atoms with Crippen LogP contribution in [-0.4, -0.2) is 35.2 Å². The molecular formula is C14H23N3O3S. The predicted octanol–water partition coefficient (Wildman–Crippen LogP) is 2.27. The molecule has 7 heteroatoms. The monoisotopic (exact) mass is 313 g/mol. The normalized spacial score (nSPS) is 11.1. The first-order chi connectivity index (χ1) is 9.89. The van der Waals surface area contributed by atoms with Crippen LogP contribution in [0.4, 0.5) is 4.79 Å². The Morgan fingerprint density at radius 3 is 2.62 bits per heavy atom. The molecule has 118 valence electrons. The fourth-order valence-corrected chi connectivity index (χ4v) is 2.43. The Kier molecular flexibility index (Phi) is 7.14. The van der Waals surface area contributed by atoms with Gasteiger partial charge in [0.15, 0.2) is 0 Å². The largest absolute Gasteiger partial charge is 0.481 e. The molecule has 0 fully saturated rings. The summed E-state index contributed by atoms with van der Waals surface area (Å²) < 4.78 is 0. The highest BCUT2D eigenvalue weighted by atomic mass is 32.1. The predicted molar refractivity (Wildman–Crippen MR) is 82.5 cm³/mol. The van der Waals surface area contributed by atoms with Crippen molar-refractivity contribution in [3.63, 3.8) is 0 Å². The maximum atomic E-state index is 11.6. The van der Waals surface area contributed by atoms with Crippen LogP contribution in [0.1, 0.15) is 38.1 Å². The quantitative estimate of drug-likeness (QED) is 0.652. The van der Waals surface area contributed by atoms with Gasteiger partial charge in [0.2, 0.25) is 0 Å². The Labute approximate surface area is 129 Å². The Hall–Kier alpha value is -1.63. The van der Waals surface area contributed by atoms with Gasteiger partial charge in [0.1, 0.15) is 0 Å². The van der Waals surface area contributed by atoms with Gasteiger partial charge in [-0.15, -0.1) is 11.3 Å². The molecule has 1 aromatic heterocycles. The van der Waals surface area contributed by atoms with Crippen molar-refractivity contribution in [1.29, 1.82) is 0 Å². The van der Waals surface area contributed by atoms with E-state index in [1.807, 2.05) is 19.2 Å². The van der Waals surface area contributed by atoms with Crippen molar-refractivity contribution in [2.24, 2.45) is 5.41 Å². The fraction of sp³-hybridized carbons (Fsp3) is 0.643. The van der Waals surface area contributed by atoms with Crippen LogP contribution in [0.25, 0.3) is 0 Å². The summed E-state index contributed by atoms with van der Waals surface area (Å²) in [5.74, 6) is -0.782. The standard InChI is InChI=1S/C14H23N3O3S/c1-14(2,5-3-12(18)19)6-8-17-13(20)16-7-4-11-15-9-10-21-11/h9-10H,3-8H2,1-2H3,(H,18,19)(H2,16,17,20). The maximum Gasteiger partial charge on any atom is 0.314 e. The number of amides is 2. The van der Waals surface area contributed by atoms with E-state index in [2.05, 4.69) is 15.6 Å². The molecule has 0 atom stereocenters. The lowest BCUT2D eigenvalue weighted by Gasteiger charge is -2.23. The molecule has 2 amide bonds. The zero-order valence-corrected chi connectivity index (χ0v) is 13.3. The molecule has 1 heterocycles. The topological polar surface area (TPSA) is 91.3 Å². The summed E-state index contributed by atoms with van der Waals surface area (Å²) in [6.07, 6.45) is 4.00. The second-order valence-electron chi connectivity index (χ2n) is 5.67. The number of rotatable bonds is 9. The second kappa shape index (κ2) is 8.61. The summed E-state index contributed by atoms with van der Waals surface area (Å²) in [7, 11) is 0. The molecule has 0 aliphatic rings. The van der Waals surface area contributed by atoms with Crippen molar-refractivity contribution in [3.05, 3.63) is 16.6 Å². The SMILES string of the molecule is CC(C)(CCNC(=O)NCCc1nccs1)CCC(=O)O. The Morgan fingerprint density at radius 2 is 2.00 bits per heavy atom. The summed E-state index contributed by atoms with van der Waals surface area (Å²) in [6.45, 7) is 5.12. The number of urea groups is 1. The first-order valence-electron chi connectivity index (χ1n) is 7.01. The van der Waals surface area contributed by atoms with Crippen molar-refractivity contribution < 1.29 is 14.7 Å². The van der Waals surface area contributed by atoms with E-state index in [1.165, 1.54) is 0 Å². The van der Waals surface area contributed by atoms with Gasteiger partial charge in [0, 0.05) is 37.5 Å². The van der Waals surface area contributed by atoms with Gasteiger partial charge in [-0.25, -0.2) is 9.78 Å². The highest BCUT2D eigenvalue weighted by Crippen LogP contribution is 2.25. The summed E-state index contributed by atoms with van der Waals surface area (Å²) >= 11 is 1.57. The number of aromatic nitrogens is 1. The maximum absolute atomic E-state index is 11.6. The Bertz CT molecular complexity index is 446. The molecule has 0 bridgehead atoms. The van der Waals surface area contributed by atoms with E-state index in [0.29, 0.717) is 19.5 Å². The summed E-state index contributed by atoms with van der Waals surface area (Å²) in [4.78, 5) is 26.3. The van der Waals surface area contributed by atoms with Crippen LogP contribution in [0.3, 0.4) is 0 Å². The molecule has 1 aromatic rings. The number of carbonyl (C=O) groups excluding carboxylic acids is 1. The van der Waals surface area contributed by atoms with E-state index in [4.69, 9.17) is 5.11 Å². The van der Waals surface area contributed by atoms with Crippen molar-refractivity contribution in [2.75, 3.05) is 13.1 Å². The third-order valence-corrected chi connectivity index (χ3v) is 4.05. The molecule has 0 aliphatic carbocycles. The molecule has 0 saturated heterocycles. The van der Waals surface area contributed by atoms with Crippen LogP contribution in [0.5, 0.6) is 0 Å². The Morgan fingerprint density at radius 1 is 1.29 bits per heavy atom. The number of thiazole rings is 1. The summed E-state index contributed by atoms with van der Waals surface area (Å²) in [5, 5.41) is 17.2. The van der Waals surface area contributed by atoms with E-state index in [0.717, 1.165) is 17.8 Å². The third kappa shape index (κ3) is 8.29. The first-order valence-corrected chi connectivity index (χ1v) is 7.89. The van der Waals surface area contributed by atoms with Crippen LogP contribution in [0.15, 0.2) is 11.6 Å². The first kappa shape index (κ1) is 17.4. The molecule has 0 spiro atoms. The van der Waals surface area contributed by atoms with Gasteiger partial charge in [0.05, 0.1) is 5.01 Å². The minimum atomic E-state index is -0.782. The summed E-state index contributed by atoms with van der Waals surface area (Å²) in [6, 6.07) is -0.194. The zero-order valence-electron chi connectivity index (χ0n) is 12.5. The van der Waals surface area contributed by atoms with Crippen molar-refractivity contribution in [1.82, 2.24) is 15.6 Å². The average molecular weight is 313 g/mol.